The summed E-state index contributed by atoms with van der Waals surface area (Å²) < 4.78 is 2.61. The maximum absolute atomic E-state index is 10.8. The first-order valence-corrected chi connectivity index (χ1v) is 7.51. The second-order valence-electron chi connectivity index (χ2n) is 4.97. The number of carboxylic acids is 1. The average Bonchev–Trinajstić information content (AvgIpc) is 2.84. The fraction of sp³-hybridized carbons (Fsp3) is 0.308. The number of nitrogens with zero attached hydrogens (tertiary/aromatic N) is 4. The first-order valence-electron chi connectivity index (χ1n) is 6.34. The third kappa shape index (κ3) is 3.09. The van der Waals surface area contributed by atoms with Gasteiger partial charge in [0.05, 0.1) is 12.2 Å². The minimum absolute atomic E-state index is 0.0195. The quantitative estimate of drug-likeness (QED) is 0.894. The van der Waals surface area contributed by atoms with Crippen LogP contribution in [0, 0.1) is 0 Å². The molecule has 8 heteroatoms. The molecule has 21 heavy (non-hydrogen) atoms. The van der Waals surface area contributed by atoms with Crippen LogP contribution in [0.1, 0.15) is 22.1 Å². The van der Waals surface area contributed by atoms with Gasteiger partial charge in [-0.1, -0.05) is 38.8 Å². The highest BCUT2D eigenvalue weighted by atomic mass is 79.9. The largest absolute Gasteiger partial charge is 0.476 e. The van der Waals surface area contributed by atoms with E-state index in [9.17, 15) is 4.79 Å². The van der Waals surface area contributed by atoms with Gasteiger partial charge in [0.25, 0.3) is 0 Å². The molecule has 2 heterocycles. The molecule has 2 aromatic rings. The summed E-state index contributed by atoms with van der Waals surface area (Å²) in [4.78, 5) is 13.0. The Morgan fingerprint density at radius 3 is 2.86 bits per heavy atom. The number of hydrogen-bond donors (Lipinski definition) is 1. The van der Waals surface area contributed by atoms with Crippen LogP contribution in [0.2, 0.25) is 5.02 Å². The number of hydrogen-bond acceptors (Lipinski definition) is 4. The van der Waals surface area contributed by atoms with Crippen LogP contribution >= 0.6 is 27.5 Å². The number of likely N-dealkylation sites (tertiary alicyclic amines) is 1. The van der Waals surface area contributed by atoms with Crippen LogP contribution in [0.15, 0.2) is 28.9 Å². The molecule has 110 valence electrons. The van der Waals surface area contributed by atoms with E-state index in [1.165, 1.54) is 11.8 Å². The minimum Gasteiger partial charge on any atom is -0.476 e. The number of halogens is 2. The molecule has 1 aliphatic rings. The average molecular weight is 372 g/mol. The highest BCUT2D eigenvalue weighted by Crippen LogP contribution is 2.27. The Hall–Kier alpha value is -1.44. The zero-order valence-electron chi connectivity index (χ0n) is 10.9. The summed E-state index contributed by atoms with van der Waals surface area (Å²) >= 11 is 9.43. The van der Waals surface area contributed by atoms with Crippen molar-refractivity contribution in [1.29, 1.82) is 0 Å². The predicted molar refractivity (Wildman–Crippen MR) is 80.4 cm³/mol. The van der Waals surface area contributed by atoms with Gasteiger partial charge < -0.3 is 5.11 Å². The molecule has 0 bridgehead atoms. The molecule has 0 atom stereocenters. The normalized spacial score (nSPS) is 15.9. The molecular weight excluding hydrogens is 360 g/mol. The van der Waals surface area contributed by atoms with Gasteiger partial charge in [-0.05, 0) is 17.7 Å². The van der Waals surface area contributed by atoms with E-state index < -0.39 is 5.97 Å². The van der Waals surface area contributed by atoms with Crippen LogP contribution in [0.25, 0.3) is 0 Å². The number of aromatic nitrogens is 3. The van der Waals surface area contributed by atoms with Crippen molar-refractivity contribution in [2.24, 2.45) is 0 Å². The Labute approximate surface area is 134 Å². The van der Waals surface area contributed by atoms with Gasteiger partial charge in [0.1, 0.15) is 0 Å². The lowest BCUT2D eigenvalue weighted by atomic mass is 10.1. The van der Waals surface area contributed by atoms with Crippen molar-refractivity contribution in [3.8, 4) is 0 Å². The fourth-order valence-corrected chi connectivity index (χ4v) is 3.09. The summed E-state index contributed by atoms with van der Waals surface area (Å²) in [5.74, 6) is -1.05. The van der Waals surface area contributed by atoms with Crippen molar-refractivity contribution in [1.82, 2.24) is 19.9 Å². The minimum atomic E-state index is -1.05. The van der Waals surface area contributed by atoms with Crippen LogP contribution < -0.4 is 0 Å². The molecular formula is C13H12BrClN4O2. The molecule has 1 aromatic heterocycles. The number of carboxylic acid groups (broad SMARTS) is 1. The van der Waals surface area contributed by atoms with Gasteiger partial charge in [0.15, 0.2) is 5.69 Å². The molecule has 0 unspecified atom stereocenters. The Morgan fingerprint density at radius 2 is 2.24 bits per heavy atom. The Bertz CT molecular complexity index is 685. The molecule has 3 rings (SSSR count). The zero-order chi connectivity index (χ0) is 15.0. The molecule has 0 amide bonds. The van der Waals surface area contributed by atoms with Gasteiger partial charge in [0.2, 0.25) is 0 Å². The Morgan fingerprint density at radius 1 is 1.48 bits per heavy atom. The van der Waals surface area contributed by atoms with Crippen LogP contribution in [0.4, 0.5) is 0 Å². The number of rotatable bonds is 4. The molecule has 1 saturated heterocycles. The molecule has 6 nitrogen and oxygen atoms in total. The van der Waals surface area contributed by atoms with Crippen molar-refractivity contribution in [3.05, 3.63) is 45.1 Å². The van der Waals surface area contributed by atoms with E-state index in [0.29, 0.717) is 5.02 Å². The van der Waals surface area contributed by atoms with E-state index in [1.807, 2.05) is 18.2 Å². The molecule has 0 saturated carbocycles. The first kappa shape index (κ1) is 14.5. The summed E-state index contributed by atoms with van der Waals surface area (Å²) in [7, 11) is 0. The summed E-state index contributed by atoms with van der Waals surface area (Å²) in [5, 5.41) is 17.0. The number of aromatic carboxylic acids is 1. The highest BCUT2D eigenvalue weighted by molar-refractivity contribution is 9.10. The van der Waals surface area contributed by atoms with Crippen LogP contribution in [0.3, 0.4) is 0 Å². The van der Waals surface area contributed by atoms with E-state index in [-0.39, 0.29) is 11.7 Å². The molecule has 1 aliphatic heterocycles. The lowest BCUT2D eigenvalue weighted by molar-refractivity contribution is 0.0690. The van der Waals surface area contributed by atoms with E-state index >= 15 is 0 Å². The van der Waals surface area contributed by atoms with E-state index in [0.717, 1.165) is 24.1 Å². The van der Waals surface area contributed by atoms with Gasteiger partial charge in [-0.25, -0.2) is 9.48 Å². The van der Waals surface area contributed by atoms with Crippen LogP contribution in [0.5, 0.6) is 0 Å². The second-order valence-corrected chi connectivity index (χ2v) is 6.26. The standard InChI is InChI=1S/C13H12BrClN4O2/c14-11-3-9(15)2-1-8(11)4-18-5-10(6-18)19-7-12(13(20)21)16-17-19/h1-3,7,10H,4-6H2,(H,20,21). The monoisotopic (exact) mass is 370 g/mol. The summed E-state index contributed by atoms with van der Waals surface area (Å²) in [6.07, 6.45) is 1.47. The highest BCUT2D eigenvalue weighted by Gasteiger charge is 2.29. The fourth-order valence-electron chi connectivity index (χ4n) is 2.28. The second kappa shape index (κ2) is 5.75. The van der Waals surface area contributed by atoms with Crippen molar-refractivity contribution in [2.45, 2.75) is 12.6 Å². The molecule has 1 N–H and O–H groups in total. The predicted octanol–water partition coefficient (Wildman–Crippen LogP) is 2.45. The van der Waals surface area contributed by atoms with Crippen molar-refractivity contribution in [2.75, 3.05) is 13.1 Å². The van der Waals surface area contributed by atoms with Crippen molar-refractivity contribution < 1.29 is 9.90 Å². The number of carbonyl (C=O) groups is 1. The van der Waals surface area contributed by atoms with E-state index in [1.54, 1.807) is 4.68 Å². The van der Waals surface area contributed by atoms with Gasteiger partial charge in [-0.3, -0.25) is 4.90 Å². The molecule has 0 spiro atoms. The maximum atomic E-state index is 10.8. The summed E-state index contributed by atoms with van der Waals surface area (Å²) in [6, 6.07) is 5.93. The molecule has 0 aliphatic carbocycles. The Balaban J connectivity index is 1.59. The third-order valence-electron chi connectivity index (χ3n) is 3.45. The van der Waals surface area contributed by atoms with Gasteiger partial charge in [0, 0.05) is 29.1 Å². The van der Waals surface area contributed by atoms with Crippen LogP contribution in [-0.4, -0.2) is 44.1 Å². The lowest BCUT2D eigenvalue weighted by Gasteiger charge is -2.39. The molecule has 1 aromatic carbocycles. The maximum Gasteiger partial charge on any atom is 0.358 e. The van der Waals surface area contributed by atoms with Gasteiger partial charge in [-0.2, -0.15) is 0 Å². The number of benzene rings is 1. The van der Waals surface area contributed by atoms with Gasteiger partial charge in [-0.15, -0.1) is 5.10 Å². The topological polar surface area (TPSA) is 71.2 Å². The zero-order valence-corrected chi connectivity index (χ0v) is 13.3. The van der Waals surface area contributed by atoms with Crippen LogP contribution in [-0.2, 0) is 6.54 Å². The van der Waals surface area contributed by atoms with E-state index in [2.05, 4.69) is 31.1 Å². The van der Waals surface area contributed by atoms with Crippen molar-refractivity contribution >= 4 is 33.5 Å². The smallest absolute Gasteiger partial charge is 0.358 e. The third-order valence-corrected chi connectivity index (χ3v) is 4.42. The lowest BCUT2D eigenvalue weighted by Crippen LogP contribution is -2.47. The van der Waals surface area contributed by atoms with Crippen molar-refractivity contribution in [3.63, 3.8) is 0 Å². The summed E-state index contributed by atoms with van der Waals surface area (Å²) in [5.41, 5.74) is 1.15. The SMILES string of the molecule is O=C(O)c1cn(C2CN(Cc3ccc(Cl)cc3Br)C2)nn1. The van der Waals surface area contributed by atoms with E-state index in [4.69, 9.17) is 16.7 Å². The summed E-state index contributed by atoms with van der Waals surface area (Å²) in [6.45, 7) is 2.45. The molecule has 0 radical (unpaired) electrons. The first-order chi connectivity index (χ1) is 10.0. The van der Waals surface area contributed by atoms with Gasteiger partial charge >= 0.3 is 5.97 Å². The Kier molecular flexibility index (Phi) is 3.97. The molecule has 1 fully saturated rings.